The largest absolute Gasteiger partial charge is 0.310 e. The minimum atomic E-state index is -0.600. The van der Waals surface area contributed by atoms with E-state index in [0.29, 0.717) is 6.04 Å². The molecule has 0 aromatic carbocycles. The molecule has 1 N–H and O–H groups in total. The van der Waals surface area contributed by atoms with E-state index in [9.17, 15) is 4.21 Å². The fourth-order valence-electron chi connectivity index (χ4n) is 2.04. The molecule has 1 aliphatic rings. The first-order chi connectivity index (χ1) is 9.13. The normalized spacial score (nSPS) is 18.1. The Hall–Kier alpha value is -0.780. The monoisotopic (exact) mass is 281 g/mol. The molecule has 1 saturated heterocycles. The van der Waals surface area contributed by atoms with Gasteiger partial charge in [-0.15, -0.1) is 0 Å². The van der Waals surface area contributed by atoms with E-state index in [2.05, 4.69) is 41.2 Å². The van der Waals surface area contributed by atoms with E-state index < -0.39 is 10.8 Å². The molecule has 0 atom stereocenters. The van der Waals surface area contributed by atoms with Crippen LogP contribution in [0.15, 0.2) is 18.3 Å². The van der Waals surface area contributed by atoms with Crippen LogP contribution in [-0.4, -0.2) is 44.7 Å². The Morgan fingerprint density at radius 2 is 2.11 bits per heavy atom. The molecule has 1 aromatic heterocycles. The van der Waals surface area contributed by atoms with E-state index in [1.54, 1.807) is 0 Å². The molecular formula is C14H23N3OS. The zero-order chi connectivity index (χ0) is 13.7. The smallest absolute Gasteiger partial charge is 0.0544 e. The van der Waals surface area contributed by atoms with E-state index in [1.807, 2.05) is 6.20 Å². The molecule has 0 spiro atoms. The van der Waals surface area contributed by atoms with E-state index >= 15 is 0 Å². The second kappa shape index (κ2) is 7.12. The quantitative estimate of drug-likeness (QED) is 0.879. The van der Waals surface area contributed by atoms with E-state index in [0.717, 1.165) is 43.4 Å². The highest BCUT2D eigenvalue weighted by atomic mass is 32.2. The summed E-state index contributed by atoms with van der Waals surface area (Å²) < 4.78 is 11.3. The van der Waals surface area contributed by atoms with Crippen molar-refractivity contribution >= 4 is 10.8 Å². The number of rotatable bonds is 5. The van der Waals surface area contributed by atoms with Crippen molar-refractivity contribution in [3.8, 4) is 0 Å². The van der Waals surface area contributed by atoms with Gasteiger partial charge in [-0.1, -0.05) is 19.9 Å². The summed E-state index contributed by atoms with van der Waals surface area (Å²) in [5.41, 5.74) is 2.32. The SMILES string of the molecule is CC(C)NCc1ccc(CN2CCS(=O)CC2)nc1. The molecule has 1 aromatic rings. The Bertz CT molecular complexity index is 409. The zero-order valence-electron chi connectivity index (χ0n) is 11.8. The summed E-state index contributed by atoms with van der Waals surface area (Å²) >= 11 is 0. The summed E-state index contributed by atoms with van der Waals surface area (Å²) in [7, 11) is -0.600. The third-order valence-corrected chi connectivity index (χ3v) is 4.53. The third-order valence-electron chi connectivity index (χ3n) is 3.26. The van der Waals surface area contributed by atoms with E-state index in [-0.39, 0.29) is 0 Å². The van der Waals surface area contributed by atoms with Crippen LogP contribution in [0, 0.1) is 0 Å². The molecule has 5 heteroatoms. The summed E-state index contributed by atoms with van der Waals surface area (Å²) in [5.74, 6) is 1.60. The van der Waals surface area contributed by atoms with Crippen LogP contribution in [0.25, 0.3) is 0 Å². The standard InChI is InChI=1S/C14H23N3OS/c1-12(2)15-9-13-3-4-14(16-10-13)11-17-5-7-19(18)8-6-17/h3-4,10,12,15H,5-9,11H2,1-2H3. The maximum atomic E-state index is 11.3. The third kappa shape index (κ3) is 5.01. The first-order valence-electron chi connectivity index (χ1n) is 6.88. The number of hydrogen-bond acceptors (Lipinski definition) is 4. The molecule has 2 heterocycles. The maximum absolute atomic E-state index is 11.3. The Balaban J connectivity index is 1.83. The second-order valence-electron chi connectivity index (χ2n) is 5.32. The number of aromatic nitrogens is 1. The van der Waals surface area contributed by atoms with Gasteiger partial charge in [0, 0.05) is 60.7 Å². The summed E-state index contributed by atoms with van der Waals surface area (Å²) in [5, 5.41) is 3.38. The van der Waals surface area contributed by atoms with Crippen LogP contribution < -0.4 is 5.32 Å². The van der Waals surface area contributed by atoms with Crippen molar-refractivity contribution in [1.82, 2.24) is 15.2 Å². The van der Waals surface area contributed by atoms with Crippen LogP contribution >= 0.6 is 0 Å². The summed E-state index contributed by atoms with van der Waals surface area (Å²) in [4.78, 5) is 6.84. The van der Waals surface area contributed by atoms with Crippen LogP contribution in [0.1, 0.15) is 25.1 Å². The van der Waals surface area contributed by atoms with Crippen molar-refractivity contribution in [3.05, 3.63) is 29.6 Å². The second-order valence-corrected chi connectivity index (χ2v) is 7.01. The average Bonchev–Trinajstić information content (AvgIpc) is 2.40. The van der Waals surface area contributed by atoms with Crippen LogP contribution in [0.4, 0.5) is 0 Å². The molecule has 19 heavy (non-hydrogen) atoms. The van der Waals surface area contributed by atoms with Gasteiger partial charge in [-0.25, -0.2) is 0 Å². The molecule has 0 radical (unpaired) electrons. The Morgan fingerprint density at radius 1 is 1.37 bits per heavy atom. The highest BCUT2D eigenvalue weighted by Crippen LogP contribution is 2.07. The lowest BCUT2D eigenvalue weighted by atomic mass is 10.2. The van der Waals surface area contributed by atoms with E-state index in [1.165, 1.54) is 5.56 Å². The average molecular weight is 281 g/mol. The Kier molecular flexibility index (Phi) is 5.48. The Morgan fingerprint density at radius 3 is 2.68 bits per heavy atom. The Labute approximate surface area is 118 Å². The lowest BCUT2D eigenvalue weighted by molar-refractivity contribution is 0.288. The van der Waals surface area contributed by atoms with Gasteiger partial charge in [-0.05, 0) is 11.6 Å². The lowest BCUT2D eigenvalue weighted by Crippen LogP contribution is -2.37. The summed E-state index contributed by atoms with van der Waals surface area (Å²) in [6.07, 6.45) is 1.95. The number of nitrogens with one attached hydrogen (secondary N) is 1. The topological polar surface area (TPSA) is 45.2 Å². The van der Waals surface area contributed by atoms with Crippen LogP contribution in [0.3, 0.4) is 0 Å². The van der Waals surface area contributed by atoms with Crippen LogP contribution in [0.5, 0.6) is 0 Å². The summed E-state index contributed by atoms with van der Waals surface area (Å²) in [6.45, 7) is 7.86. The molecule has 0 aliphatic carbocycles. The van der Waals surface area contributed by atoms with Gasteiger partial charge in [-0.2, -0.15) is 0 Å². The first-order valence-corrected chi connectivity index (χ1v) is 8.37. The lowest BCUT2D eigenvalue weighted by Gasteiger charge is -2.25. The predicted molar refractivity (Wildman–Crippen MR) is 79.4 cm³/mol. The van der Waals surface area contributed by atoms with Crippen molar-refractivity contribution in [2.24, 2.45) is 0 Å². The van der Waals surface area contributed by atoms with Gasteiger partial charge >= 0.3 is 0 Å². The van der Waals surface area contributed by atoms with Crippen molar-refractivity contribution < 1.29 is 4.21 Å². The molecule has 1 fully saturated rings. The number of nitrogens with zero attached hydrogens (tertiary/aromatic N) is 2. The number of hydrogen-bond donors (Lipinski definition) is 1. The van der Waals surface area contributed by atoms with E-state index in [4.69, 9.17) is 0 Å². The van der Waals surface area contributed by atoms with Crippen LogP contribution in [0.2, 0.25) is 0 Å². The highest BCUT2D eigenvalue weighted by Gasteiger charge is 2.15. The molecule has 0 saturated carbocycles. The van der Waals surface area contributed by atoms with Crippen molar-refractivity contribution in [3.63, 3.8) is 0 Å². The van der Waals surface area contributed by atoms with Gasteiger partial charge in [0.05, 0.1) is 5.69 Å². The molecule has 0 unspecified atom stereocenters. The molecule has 0 bridgehead atoms. The minimum absolute atomic E-state index is 0.494. The summed E-state index contributed by atoms with van der Waals surface area (Å²) in [6, 6.07) is 4.73. The van der Waals surface area contributed by atoms with Crippen molar-refractivity contribution in [2.75, 3.05) is 24.6 Å². The first kappa shape index (κ1) is 14.6. The minimum Gasteiger partial charge on any atom is -0.310 e. The maximum Gasteiger partial charge on any atom is 0.0544 e. The zero-order valence-corrected chi connectivity index (χ0v) is 12.6. The van der Waals surface area contributed by atoms with Crippen molar-refractivity contribution in [1.29, 1.82) is 0 Å². The van der Waals surface area contributed by atoms with Gasteiger partial charge in [0.1, 0.15) is 0 Å². The number of pyridine rings is 1. The predicted octanol–water partition coefficient (Wildman–Crippen LogP) is 1.14. The molecular weight excluding hydrogens is 258 g/mol. The molecule has 0 amide bonds. The van der Waals surface area contributed by atoms with Crippen molar-refractivity contribution in [2.45, 2.75) is 33.0 Å². The molecule has 4 nitrogen and oxygen atoms in total. The fourth-order valence-corrected chi connectivity index (χ4v) is 3.17. The fraction of sp³-hybridized carbons (Fsp3) is 0.643. The van der Waals surface area contributed by atoms with Gasteiger partial charge in [-0.3, -0.25) is 14.1 Å². The molecule has 106 valence electrons. The molecule has 1 aliphatic heterocycles. The van der Waals surface area contributed by atoms with Gasteiger partial charge < -0.3 is 5.32 Å². The van der Waals surface area contributed by atoms with Gasteiger partial charge in [0.15, 0.2) is 0 Å². The van der Waals surface area contributed by atoms with Gasteiger partial charge in [0.2, 0.25) is 0 Å². The highest BCUT2D eigenvalue weighted by molar-refractivity contribution is 7.85. The van der Waals surface area contributed by atoms with Crippen LogP contribution in [-0.2, 0) is 23.9 Å². The molecule has 2 rings (SSSR count). The van der Waals surface area contributed by atoms with Gasteiger partial charge in [0.25, 0.3) is 0 Å².